The van der Waals surface area contributed by atoms with Crippen LogP contribution in [0.1, 0.15) is 45.4 Å². The van der Waals surface area contributed by atoms with Crippen LogP contribution in [0.4, 0.5) is 4.79 Å². The average molecular weight is 409 g/mol. The third kappa shape index (κ3) is 4.56. The van der Waals surface area contributed by atoms with Gasteiger partial charge in [0.25, 0.3) is 0 Å². The van der Waals surface area contributed by atoms with Gasteiger partial charge in [-0.3, -0.25) is 10.2 Å². The van der Waals surface area contributed by atoms with E-state index in [1.807, 2.05) is 11.8 Å². The predicted molar refractivity (Wildman–Crippen MR) is 107 cm³/mol. The van der Waals surface area contributed by atoms with Gasteiger partial charge in [-0.05, 0) is 69.7 Å². The Labute approximate surface area is 173 Å². The predicted octanol–water partition coefficient (Wildman–Crippen LogP) is 1.43. The summed E-state index contributed by atoms with van der Waals surface area (Å²) in [6.07, 6.45) is 6.39. The van der Waals surface area contributed by atoms with Gasteiger partial charge in [0.15, 0.2) is 0 Å². The fraction of sp³-hybridized carbons (Fsp3) is 0.952. The Bertz CT molecular complexity index is 587. The molecule has 0 aromatic carbocycles. The van der Waals surface area contributed by atoms with Gasteiger partial charge < -0.3 is 19.7 Å². The highest BCUT2D eigenvalue weighted by atomic mass is 16.7. The lowest BCUT2D eigenvalue weighted by atomic mass is 9.80. The molecule has 5 rings (SSSR count). The second-order valence-electron chi connectivity index (χ2n) is 9.98. The molecule has 164 valence electrons. The number of nitrogens with zero attached hydrogens (tertiary/aromatic N) is 1. The van der Waals surface area contributed by atoms with Crippen molar-refractivity contribution in [2.24, 2.45) is 23.7 Å². The molecule has 5 fully saturated rings. The number of hydrogen-bond donors (Lipinski definition) is 3. The molecule has 1 aliphatic carbocycles. The van der Waals surface area contributed by atoms with Crippen molar-refractivity contribution in [2.45, 2.75) is 63.4 Å². The number of ether oxygens (including phenoxy) is 2. The molecule has 0 aromatic heterocycles. The lowest BCUT2D eigenvalue weighted by molar-refractivity contribution is -0.0286. The molecule has 0 bridgehead atoms. The van der Waals surface area contributed by atoms with E-state index in [2.05, 4.69) is 16.1 Å². The van der Waals surface area contributed by atoms with E-state index < -0.39 is 0 Å². The second kappa shape index (κ2) is 8.30. The summed E-state index contributed by atoms with van der Waals surface area (Å²) < 4.78 is 11.2. The van der Waals surface area contributed by atoms with Gasteiger partial charge in [-0.25, -0.2) is 4.79 Å². The van der Waals surface area contributed by atoms with Gasteiger partial charge in [0.05, 0.1) is 6.17 Å². The maximum atomic E-state index is 12.3. The van der Waals surface area contributed by atoms with Gasteiger partial charge in [0.2, 0.25) is 0 Å². The fourth-order valence-electron chi connectivity index (χ4n) is 5.35. The molecule has 1 amide bonds. The minimum atomic E-state index is -0.194. The largest absolute Gasteiger partial charge is 0.443 e. The van der Waals surface area contributed by atoms with Crippen LogP contribution in [0.25, 0.3) is 0 Å². The first-order valence-corrected chi connectivity index (χ1v) is 11.5. The topological polar surface area (TPSA) is 84.1 Å². The zero-order chi connectivity index (χ0) is 19.8. The van der Waals surface area contributed by atoms with Crippen molar-refractivity contribution >= 4 is 6.09 Å². The van der Waals surface area contributed by atoms with E-state index in [0.29, 0.717) is 23.7 Å². The fourth-order valence-corrected chi connectivity index (χ4v) is 5.35. The quantitative estimate of drug-likeness (QED) is 0.649. The minimum Gasteiger partial charge on any atom is -0.443 e. The van der Waals surface area contributed by atoms with Crippen LogP contribution in [-0.2, 0) is 14.3 Å². The third-order valence-electron chi connectivity index (χ3n) is 7.70. The van der Waals surface area contributed by atoms with Crippen LogP contribution >= 0.6 is 0 Å². The first kappa shape index (κ1) is 20.0. The Morgan fingerprint density at radius 3 is 2.59 bits per heavy atom. The van der Waals surface area contributed by atoms with E-state index in [1.165, 1.54) is 12.8 Å². The van der Waals surface area contributed by atoms with Crippen molar-refractivity contribution in [3.05, 3.63) is 0 Å². The van der Waals surface area contributed by atoms with Gasteiger partial charge in [-0.15, -0.1) is 0 Å². The van der Waals surface area contributed by atoms with Crippen LogP contribution in [0.15, 0.2) is 0 Å². The monoisotopic (exact) mass is 408 g/mol. The van der Waals surface area contributed by atoms with Crippen molar-refractivity contribution in [1.82, 2.24) is 21.0 Å². The Balaban J connectivity index is 1.08. The van der Waals surface area contributed by atoms with Crippen LogP contribution < -0.4 is 16.1 Å². The molecule has 4 saturated heterocycles. The van der Waals surface area contributed by atoms with Crippen molar-refractivity contribution in [3.8, 4) is 0 Å². The van der Waals surface area contributed by atoms with Gasteiger partial charge in [0.1, 0.15) is 11.8 Å². The summed E-state index contributed by atoms with van der Waals surface area (Å²) in [5.74, 6) is 2.32. The Morgan fingerprint density at radius 2 is 1.86 bits per heavy atom. The molecule has 5 aliphatic rings. The summed E-state index contributed by atoms with van der Waals surface area (Å²) in [5.41, 5.74) is 3.06. The minimum absolute atomic E-state index is 0.0513. The zero-order valence-electron chi connectivity index (χ0n) is 17.5. The van der Waals surface area contributed by atoms with E-state index in [1.54, 1.807) is 0 Å². The zero-order valence-corrected chi connectivity index (χ0v) is 17.5. The molecule has 3 N–H and O–H groups in total. The molecule has 4 heterocycles. The maximum Gasteiger partial charge on any atom is 0.410 e. The van der Waals surface area contributed by atoms with Crippen LogP contribution in [0.2, 0.25) is 0 Å². The van der Waals surface area contributed by atoms with Crippen LogP contribution in [0.3, 0.4) is 0 Å². The molecule has 0 spiro atoms. The van der Waals surface area contributed by atoms with Gasteiger partial charge >= 0.3 is 6.09 Å². The van der Waals surface area contributed by atoms with Crippen LogP contribution in [0.5, 0.6) is 0 Å². The highest BCUT2D eigenvalue weighted by molar-refractivity contribution is 5.68. The molecular formula is C21H36N4O4. The first-order chi connectivity index (χ1) is 14.1. The second-order valence-corrected chi connectivity index (χ2v) is 9.98. The van der Waals surface area contributed by atoms with E-state index in [9.17, 15) is 4.79 Å². The van der Waals surface area contributed by atoms with Gasteiger partial charge in [0, 0.05) is 38.8 Å². The van der Waals surface area contributed by atoms with Crippen LogP contribution in [0, 0.1) is 23.7 Å². The Kier molecular flexibility index (Phi) is 5.73. The maximum absolute atomic E-state index is 12.3. The van der Waals surface area contributed by atoms with Crippen molar-refractivity contribution < 1.29 is 19.1 Å². The van der Waals surface area contributed by atoms with E-state index >= 15 is 0 Å². The number of carbonyl (C=O) groups excluding carboxylic acids is 1. The van der Waals surface area contributed by atoms with Gasteiger partial charge in [-0.1, -0.05) is 0 Å². The lowest BCUT2D eigenvalue weighted by Gasteiger charge is -2.36. The highest BCUT2D eigenvalue weighted by Crippen LogP contribution is 2.39. The van der Waals surface area contributed by atoms with E-state index in [-0.39, 0.29) is 24.1 Å². The van der Waals surface area contributed by atoms with Gasteiger partial charge in [-0.2, -0.15) is 5.48 Å². The smallest absolute Gasteiger partial charge is 0.410 e. The number of piperidine rings is 2. The number of amides is 1. The summed E-state index contributed by atoms with van der Waals surface area (Å²) in [5, 5.41) is 7.31. The Hall–Kier alpha value is -0.930. The summed E-state index contributed by atoms with van der Waals surface area (Å²) in [7, 11) is 0. The van der Waals surface area contributed by atoms with Crippen molar-refractivity contribution in [3.63, 3.8) is 0 Å². The van der Waals surface area contributed by atoms with Crippen molar-refractivity contribution in [2.75, 3.05) is 39.4 Å². The van der Waals surface area contributed by atoms with Crippen LogP contribution in [-0.4, -0.2) is 68.4 Å². The molecule has 5 atom stereocenters. The number of hydrogen-bond acceptors (Lipinski definition) is 7. The summed E-state index contributed by atoms with van der Waals surface area (Å²) in [6, 6.07) is 0. The molecule has 8 nitrogen and oxygen atoms in total. The Morgan fingerprint density at radius 1 is 1.07 bits per heavy atom. The number of hydroxylamine groups is 1. The van der Waals surface area contributed by atoms with Crippen molar-refractivity contribution in [1.29, 1.82) is 0 Å². The number of carbonyl (C=O) groups is 1. The molecule has 1 saturated carbocycles. The number of likely N-dealkylation sites (tertiary alicyclic amines) is 1. The molecule has 0 aromatic rings. The highest BCUT2D eigenvalue weighted by Gasteiger charge is 2.44. The molecular weight excluding hydrogens is 372 g/mol. The van der Waals surface area contributed by atoms with E-state index in [0.717, 1.165) is 65.1 Å². The SMILES string of the molecule is CC1(OC(=O)N2CCC(C3NOC(C4CNCC(C5CCOC5)C4)N3)CC2)CC1. The third-order valence-corrected chi connectivity index (χ3v) is 7.70. The average Bonchev–Trinajstić information content (AvgIpc) is 3.18. The molecule has 4 aliphatic heterocycles. The summed E-state index contributed by atoms with van der Waals surface area (Å²) >= 11 is 0. The standard InChI is InChI=1S/C21H36N4O4/c1-21(5-6-21)28-20(26)25-7-2-14(3-8-25)18-23-19(29-24-18)17-10-16(11-22-12-17)15-4-9-27-13-15/h14-19,22-24H,2-13H2,1H3. The van der Waals surface area contributed by atoms with E-state index in [4.69, 9.17) is 14.3 Å². The summed E-state index contributed by atoms with van der Waals surface area (Å²) in [6.45, 7) is 7.47. The lowest BCUT2D eigenvalue weighted by Crippen LogP contribution is -2.50. The molecule has 5 unspecified atom stereocenters. The number of nitrogens with one attached hydrogen (secondary N) is 3. The summed E-state index contributed by atoms with van der Waals surface area (Å²) in [4.78, 5) is 20.2. The molecule has 29 heavy (non-hydrogen) atoms. The molecule has 0 radical (unpaired) electrons. The number of rotatable bonds is 4. The molecule has 8 heteroatoms. The normalized spacial score (nSPS) is 40.2. The first-order valence-electron chi connectivity index (χ1n) is 11.5.